The molecule has 1 heteroatoms. The molecule has 0 bridgehead atoms. The predicted octanol–water partition coefficient (Wildman–Crippen LogP) is 6.54. The van der Waals surface area contributed by atoms with Crippen molar-refractivity contribution in [2.45, 2.75) is 64.6 Å². The minimum atomic E-state index is 0.514. The van der Waals surface area contributed by atoms with Crippen molar-refractivity contribution in [2.75, 3.05) is 0 Å². The van der Waals surface area contributed by atoms with E-state index in [1.54, 1.807) is 0 Å². The van der Waals surface area contributed by atoms with Crippen molar-refractivity contribution in [2.24, 2.45) is 11.8 Å². The third-order valence-electron chi connectivity index (χ3n) is 3.67. The van der Waals surface area contributed by atoms with Gasteiger partial charge in [0.15, 0.2) is 0 Å². The van der Waals surface area contributed by atoms with Gasteiger partial charge < -0.3 is 0 Å². The Morgan fingerprint density at radius 2 is 1.47 bits per heavy atom. The van der Waals surface area contributed by atoms with Crippen LogP contribution in [0.3, 0.4) is 0 Å². The maximum Gasteiger partial charge on any atom is 0.0423 e. The van der Waals surface area contributed by atoms with Crippen LogP contribution in [-0.4, -0.2) is 0 Å². The normalized spacial score (nSPS) is 13.2. The lowest BCUT2D eigenvalue weighted by Crippen LogP contribution is -2.07. The van der Waals surface area contributed by atoms with Crippen LogP contribution in [0.4, 0.5) is 0 Å². The maximum absolute atomic E-state index is 3.93. The third kappa shape index (κ3) is 5.69. The van der Waals surface area contributed by atoms with Crippen molar-refractivity contribution < 1.29 is 0 Å². The summed E-state index contributed by atoms with van der Waals surface area (Å²) in [7, 11) is 0. The molecule has 1 aromatic carbocycles. The smallest absolute Gasteiger partial charge is 0.0423 e. The summed E-state index contributed by atoms with van der Waals surface area (Å²) in [4.78, 5) is 0.514. The van der Waals surface area contributed by atoms with E-state index in [9.17, 15) is 0 Å². The molecule has 0 spiro atoms. The van der Waals surface area contributed by atoms with Crippen LogP contribution in [0.25, 0.3) is 0 Å². The molecule has 1 unspecified atom stereocenters. The van der Waals surface area contributed by atoms with E-state index in [4.69, 9.17) is 0 Å². The van der Waals surface area contributed by atoms with Gasteiger partial charge in [-0.25, -0.2) is 0 Å². The SMILES string of the molecule is CCCC(CCC)C(Br)c1ccc(CC(C)C)cc1. The monoisotopic (exact) mass is 324 g/mol. The van der Waals surface area contributed by atoms with Crippen molar-refractivity contribution >= 4 is 15.9 Å². The summed E-state index contributed by atoms with van der Waals surface area (Å²) in [6.07, 6.45) is 6.37. The first-order chi connectivity index (χ1) is 9.08. The summed E-state index contributed by atoms with van der Waals surface area (Å²) in [5, 5.41) is 0. The molecule has 108 valence electrons. The molecule has 0 aliphatic carbocycles. The van der Waals surface area contributed by atoms with E-state index in [1.165, 1.54) is 43.2 Å². The number of alkyl halides is 1. The van der Waals surface area contributed by atoms with Crippen LogP contribution in [-0.2, 0) is 6.42 Å². The van der Waals surface area contributed by atoms with Crippen LogP contribution in [0, 0.1) is 11.8 Å². The highest BCUT2D eigenvalue weighted by Gasteiger charge is 2.18. The first-order valence-corrected chi connectivity index (χ1v) is 8.72. The van der Waals surface area contributed by atoms with Gasteiger partial charge in [0.25, 0.3) is 0 Å². The Morgan fingerprint density at radius 3 is 1.89 bits per heavy atom. The standard InChI is InChI=1S/C18H29Br/c1-5-7-16(8-6-2)18(19)17-11-9-15(10-12-17)13-14(3)4/h9-12,14,16,18H,5-8,13H2,1-4H3. The summed E-state index contributed by atoms with van der Waals surface area (Å²) in [5.74, 6) is 1.50. The van der Waals surface area contributed by atoms with E-state index in [-0.39, 0.29) is 0 Å². The first-order valence-electron chi connectivity index (χ1n) is 7.81. The largest absolute Gasteiger partial charge is 0.0836 e. The molecule has 0 N–H and O–H groups in total. The van der Waals surface area contributed by atoms with E-state index < -0.39 is 0 Å². The second-order valence-corrected chi connectivity index (χ2v) is 7.07. The summed E-state index contributed by atoms with van der Waals surface area (Å²) in [6, 6.07) is 9.24. The highest BCUT2D eigenvalue weighted by molar-refractivity contribution is 9.09. The molecule has 0 aliphatic heterocycles. The average molecular weight is 325 g/mol. The molecule has 19 heavy (non-hydrogen) atoms. The quantitative estimate of drug-likeness (QED) is 0.476. The van der Waals surface area contributed by atoms with Gasteiger partial charge in [0.2, 0.25) is 0 Å². The van der Waals surface area contributed by atoms with Crippen molar-refractivity contribution in [1.29, 1.82) is 0 Å². The second kappa shape index (κ2) is 8.79. The van der Waals surface area contributed by atoms with Gasteiger partial charge >= 0.3 is 0 Å². The van der Waals surface area contributed by atoms with Gasteiger partial charge in [-0.2, -0.15) is 0 Å². The molecule has 0 heterocycles. The Balaban J connectivity index is 2.72. The fraction of sp³-hybridized carbons (Fsp3) is 0.667. The van der Waals surface area contributed by atoms with Crippen LogP contribution in [0.15, 0.2) is 24.3 Å². The van der Waals surface area contributed by atoms with Crippen LogP contribution < -0.4 is 0 Å². The Bertz CT molecular complexity index is 333. The van der Waals surface area contributed by atoms with Crippen LogP contribution >= 0.6 is 15.9 Å². The molecule has 0 aromatic heterocycles. The lowest BCUT2D eigenvalue weighted by molar-refractivity contribution is 0.435. The van der Waals surface area contributed by atoms with Crippen LogP contribution in [0.2, 0.25) is 0 Å². The van der Waals surface area contributed by atoms with Gasteiger partial charge in [0.05, 0.1) is 0 Å². The van der Waals surface area contributed by atoms with E-state index in [0.717, 1.165) is 11.8 Å². The zero-order valence-electron chi connectivity index (χ0n) is 13.0. The Hall–Kier alpha value is -0.300. The zero-order valence-corrected chi connectivity index (χ0v) is 14.5. The number of halogens is 1. The minimum absolute atomic E-state index is 0.514. The third-order valence-corrected chi connectivity index (χ3v) is 4.95. The molecule has 0 saturated heterocycles. The number of hydrogen-bond acceptors (Lipinski definition) is 0. The lowest BCUT2D eigenvalue weighted by Gasteiger charge is -2.22. The molecule has 0 saturated carbocycles. The number of hydrogen-bond donors (Lipinski definition) is 0. The highest BCUT2D eigenvalue weighted by atomic mass is 79.9. The minimum Gasteiger partial charge on any atom is -0.0836 e. The first kappa shape index (κ1) is 16.8. The summed E-state index contributed by atoms with van der Waals surface area (Å²) in [5.41, 5.74) is 2.90. The van der Waals surface area contributed by atoms with E-state index in [2.05, 4.69) is 67.9 Å². The molecule has 1 aromatic rings. The molecule has 0 aliphatic rings. The number of benzene rings is 1. The van der Waals surface area contributed by atoms with E-state index in [0.29, 0.717) is 4.83 Å². The molecule has 0 fully saturated rings. The second-order valence-electron chi connectivity index (χ2n) is 6.08. The lowest BCUT2D eigenvalue weighted by atomic mass is 9.90. The van der Waals surface area contributed by atoms with Gasteiger partial charge in [-0.3, -0.25) is 0 Å². The fourth-order valence-corrected chi connectivity index (χ4v) is 3.59. The van der Waals surface area contributed by atoms with Crippen LogP contribution in [0.5, 0.6) is 0 Å². The number of rotatable bonds is 8. The Kier molecular flexibility index (Phi) is 7.75. The van der Waals surface area contributed by atoms with Gasteiger partial charge in [-0.15, -0.1) is 0 Å². The summed E-state index contributed by atoms with van der Waals surface area (Å²) in [6.45, 7) is 9.13. The average Bonchev–Trinajstić information content (AvgIpc) is 2.38. The van der Waals surface area contributed by atoms with E-state index >= 15 is 0 Å². The molecule has 1 rings (SSSR count). The molecule has 0 nitrogen and oxygen atoms in total. The van der Waals surface area contributed by atoms with Gasteiger partial charge in [-0.1, -0.05) is 80.7 Å². The maximum atomic E-state index is 3.93. The molecular weight excluding hydrogens is 296 g/mol. The molecule has 0 radical (unpaired) electrons. The molecule has 0 amide bonds. The topological polar surface area (TPSA) is 0 Å². The Morgan fingerprint density at radius 1 is 0.947 bits per heavy atom. The Labute approximate surface area is 128 Å². The van der Waals surface area contributed by atoms with Crippen molar-refractivity contribution in [3.05, 3.63) is 35.4 Å². The fourth-order valence-electron chi connectivity index (χ4n) is 2.76. The van der Waals surface area contributed by atoms with Gasteiger partial charge in [0, 0.05) is 4.83 Å². The highest BCUT2D eigenvalue weighted by Crippen LogP contribution is 2.36. The van der Waals surface area contributed by atoms with Crippen molar-refractivity contribution in [1.82, 2.24) is 0 Å². The van der Waals surface area contributed by atoms with Gasteiger partial charge in [-0.05, 0) is 42.2 Å². The summed E-state index contributed by atoms with van der Waals surface area (Å²) < 4.78 is 0. The zero-order chi connectivity index (χ0) is 14.3. The van der Waals surface area contributed by atoms with Gasteiger partial charge in [0.1, 0.15) is 0 Å². The summed E-state index contributed by atoms with van der Waals surface area (Å²) >= 11 is 3.93. The van der Waals surface area contributed by atoms with Crippen LogP contribution in [0.1, 0.15) is 69.3 Å². The van der Waals surface area contributed by atoms with E-state index in [1.807, 2.05) is 0 Å². The van der Waals surface area contributed by atoms with Crippen molar-refractivity contribution in [3.63, 3.8) is 0 Å². The van der Waals surface area contributed by atoms with Crippen molar-refractivity contribution in [3.8, 4) is 0 Å². The molecule has 1 atom stereocenters. The molecular formula is C18H29Br. The predicted molar refractivity (Wildman–Crippen MR) is 90.0 cm³/mol.